The Morgan fingerprint density at radius 3 is 2.48 bits per heavy atom. The van der Waals surface area contributed by atoms with Gasteiger partial charge in [-0.1, -0.05) is 30.3 Å². The molecular formula is C19H18N6O2. The van der Waals surface area contributed by atoms with Gasteiger partial charge in [-0.25, -0.2) is 4.98 Å². The molecule has 2 aliphatic heterocycles. The molecule has 0 saturated carbocycles. The molecule has 8 heteroatoms. The average Bonchev–Trinajstić information content (AvgIpc) is 3.36. The molecule has 1 aromatic carbocycles. The zero-order valence-corrected chi connectivity index (χ0v) is 14.8. The van der Waals surface area contributed by atoms with E-state index in [9.17, 15) is 9.59 Å². The molecule has 2 saturated heterocycles. The van der Waals surface area contributed by atoms with E-state index in [1.54, 1.807) is 4.52 Å². The van der Waals surface area contributed by atoms with Gasteiger partial charge in [0, 0.05) is 24.8 Å². The first-order chi connectivity index (χ1) is 13.1. The third-order valence-corrected chi connectivity index (χ3v) is 5.35. The highest BCUT2D eigenvalue weighted by Gasteiger charge is 2.52. The number of nitrogens with zero attached hydrogens (tertiary/aromatic N) is 6. The molecular weight excluding hydrogens is 344 g/mol. The van der Waals surface area contributed by atoms with Crippen molar-refractivity contribution in [2.45, 2.75) is 13.5 Å². The number of hydrogen-bond acceptors (Lipinski definition) is 6. The Morgan fingerprint density at radius 2 is 1.78 bits per heavy atom. The number of hydrogen-bond donors (Lipinski definition) is 0. The first kappa shape index (κ1) is 15.9. The van der Waals surface area contributed by atoms with Crippen LogP contribution >= 0.6 is 0 Å². The van der Waals surface area contributed by atoms with Crippen molar-refractivity contribution in [2.24, 2.45) is 11.8 Å². The quantitative estimate of drug-likeness (QED) is 0.648. The van der Waals surface area contributed by atoms with Gasteiger partial charge in [-0.2, -0.15) is 14.6 Å². The summed E-state index contributed by atoms with van der Waals surface area (Å²) in [6, 6.07) is 11.5. The van der Waals surface area contributed by atoms with Crippen LogP contribution in [0.4, 0.5) is 5.82 Å². The second-order valence-electron chi connectivity index (χ2n) is 7.09. The number of carbonyl (C=O) groups excluding carboxylic acids is 2. The van der Waals surface area contributed by atoms with Crippen LogP contribution in [0.3, 0.4) is 0 Å². The lowest BCUT2D eigenvalue weighted by Gasteiger charge is -2.22. The minimum Gasteiger partial charge on any atom is -0.355 e. The molecule has 27 heavy (non-hydrogen) atoms. The fourth-order valence-corrected chi connectivity index (χ4v) is 4.06. The topological polar surface area (TPSA) is 83.7 Å². The number of carbonyl (C=O) groups is 2. The van der Waals surface area contributed by atoms with Crippen LogP contribution in [0.2, 0.25) is 0 Å². The first-order valence-corrected chi connectivity index (χ1v) is 8.93. The molecule has 2 amide bonds. The maximum absolute atomic E-state index is 12.9. The number of fused-ring (bicyclic) bond motifs is 2. The molecule has 2 atom stereocenters. The van der Waals surface area contributed by atoms with Crippen LogP contribution in [-0.4, -0.2) is 49.4 Å². The summed E-state index contributed by atoms with van der Waals surface area (Å²) >= 11 is 0. The van der Waals surface area contributed by atoms with Gasteiger partial charge in [-0.05, 0) is 12.5 Å². The summed E-state index contributed by atoms with van der Waals surface area (Å²) in [5, 5.41) is 4.23. The standard InChI is InChI=1S/C19H18N6O2/c1-12-7-16(25-19(22-12)20-11-21-25)23-9-14-15(10-23)18(27)24(17(14)26)8-13-5-3-2-4-6-13/h2-7,11,14-15H,8-10H2,1H3. The molecule has 2 aromatic heterocycles. The monoisotopic (exact) mass is 362 g/mol. The van der Waals surface area contributed by atoms with Crippen molar-refractivity contribution >= 4 is 23.4 Å². The van der Waals surface area contributed by atoms with Gasteiger partial charge in [0.1, 0.15) is 12.1 Å². The largest absolute Gasteiger partial charge is 0.355 e. The summed E-state index contributed by atoms with van der Waals surface area (Å²) < 4.78 is 1.66. The van der Waals surface area contributed by atoms with Gasteiger partial charge in [-0.15, -0.1) is 0 Å². The van der Waals surface area contributed by atoms with Gasteiger partial charge >= 0.3 is 0 Å². The number of likely N-dealkylation sites (tertiary alicyclic amines) is 1. The highest BCUT2D eigenvalue weighted by atomic mass is 16.2. The second kappa shape index (κ2) is 5.87. The van der Waals surface area contributed by atoms with Gasteiger partial charge < -0.3 is 4.90 Å². The van der Waals surface area contributed by atoms with E-state index in [-0.39, 0.29) is 23.7 Å². The van der Waals surface area contributed by atoms with Crippen molar-refractivity contribution in [1.82, 2.24) is 24.5 Å². The van der Waals surface area contributed by atoms with Gasteiger partial charge in [0.2, 0.25) is 11.8 Å². The predicted octanol–water partition coefficient (Wildman–Crippen LogP) is 1.05. The van der Waals surface area contributed by atoms with Crippen molar-refractivity contribution in [1.29, 1.82) is 0 Å². The molecule has 0 N–H and O–H groups in total. The molecule has 2 unspecified atom stereocenters. The number of aryl methyl sites for hydroxylation is 1. The molecule has 5 rings (SSSR count). The normalized spacial score (nSPS) is 22.1. The summed E-state index contributed by atoms with van der Waals surface area (Å²) in [5.74, 6) is 0.542. The zero-order chi connectivity index (χ0) is 18.5. The number of imide groups is 1. The van der Waals surface area contributed by atoms with Gasteiger partial charge in [0.05, 0.1) is 18.4 Å². The summed E-state index contributed by atoms with van der Waals surface area (Å²) in [5.41, 5.74) is 1.79. The predicted molar refractivity (Wildman–Crippen MR) is 96.7 cm³/mol. The molecule has 3 aromatic rings. The number of anilines is 1. The Labute approximate surface area is 155 Å². The maximum Gasteiger partial charge on any atom is 0.254 e. The fourth-order valence-electron chi connectivity index (χ4n) is 4.06. The van der Waals surface area contributed by atoms with Crippen LogP contribution in [0.1, 0.15) is 11.3 Å². The van der Waals surface area contributed by atoms with Crippen molar-refractivity contribution < 1.29 is 9.59 Å². The lowest BCUT2D eigenvalue weighted by molar-refractivity contribution is -0.140. The number of aromatic nitrogens is 4. The Kier molecular flexibility index (Phi) is 3.46. The van der Waals surface area contributed by atoms with Crippen molar-refractivity contribution in [3.63, 3.8) is 0 Å². The Morgan fingerprint density at radius 1 is 1.07 bits per heavy atom. The third-order valence-electron chi connectivity index (χ3n) is 5.35. The van der Waals surface area contributed by atoms with Gasteiger partial charge in [0.25, 0.3) is 5.78 Å². The smallest absolute Gasteiger partial charge is 0.254 e. The SMILES string of the molecule is Cc1cc(N2CC3C(=O)N(Cc4ccccc4)C(=O)C3C2)n2ncnc2n1. The lowest BCUT2D eigenvalue weighted by atomic mass is 10.00. The van der Waals surface area contributed by atoms with E-state index < -0.39 is 0 Å². The van der Waals surface area contributed by atoms with Gasteiger partial charge in [-0.3, -0.25) is 14.5 Å². The van der Waals surface area contributed by atoms with Crippen molar-refractivity contribution in [2.75, 3.05) is 18.0 Å². The highest BCUT2D eigenvalue weighted by molar-refractivity contribution is 6.06. The third kappa shape index (κ3) is 2.48. The summed E-state index contributed by atoms with van der Waals surface area (Å²) in [7, 11) is 0. The van der Waals surface area contributed by atoms with E-state index in [0.29, 0.717) is 25.4 Å². The van der Waals surface area contributed by atoms with Crippen molar-refractivity contribution in [3.05, 3.63) is 54.0 Å². The molecule has 2 fully saturated rings. The highest BCUT2D eigenvalue weighted by Crippen LogP contribution is 2.36. The Bertz CT molecular complexity index is 1020. The summed E-state index contributed by atoms with van der Waals surface area (Å²) in [6.45, 7) is 3.23. The Balaban J connectivity index is 1.41. The van der Waals surface area contributed by atoms with Crippen LogP contribution in [0.5, 0.6) is 0 Å². The lowest BCUT2D eigenvalue weighted by Crippen LogP contribution is -2.36. The Hall–Kier alpha value is -3.29. The molecule has 0 spiro atoms. The molecule has 4 heterocycles. The minimum absolute atomic E-state index is 0.0861. The van der Waals surface area contributed by atoms with Crippen LogP contribution < -0.4 is 4.90 Å². The molecule has 0 radical (unpaired) electrons. The second-order valence-corrected chi connectivity index (χ2v) is 7.09. The van der Waals surface area contributed by atoms with E-state index in [2.05, 4.69) is 15.1 Å². The van der Waals surface area contributed by atoms with Crippen LogP contribution in [0.15, 0.2) is 42.7 Å². The average molecular weight is 362 g/mol. The van der Waals surface area contributed by atoms with Gasteiger partial charge in [0.15, 0.2) is 0 Å². The van der Waals surface area contributed by atoms with Crippen molar-refractivity contribution in [3.8, 4) is 0 Å². The molecule has 2 aliphatic rings. The number of rotatable bonds is 3. The minimum atomic E-state index is -0.312. The van der Waals surface area contributed by atoms with E-state index in [1.165, 1.54) is 11.2 Å². The number of amides is 2. The zero-order valence-electron chi connectivity index (χ0n) is 14.8. The number of benzene rings is 1. The first-order valence-electron chi connectivity index (χ1n) is 8.93. The fraction of sp³-hybridized carbons (Fsp3) is 0.316. The molecule has 0 aliphatic carbocycles. The summed E-state index contributed by atoms with van der Waals surface area (Å²) in [6.07, 6.45) is 1.46. The molecule has 0 bridgehead atoms. The van der Waals surface area contributed by atoms with Crippen LogP contribution in [0.25, 0.3) is 5.78 Å². The maximum atomic E-state index is 12.9. The molecule has 136 valence electrons. The summed E-state index contributed by atoms with van der Waals surface area (Å²) in [4.78, 5) is 37.7. The van der Waals surface area contributed by atoms with E-state index in [1.807, 2.05) is 48.2 Å². The van der Waals surface area contributed by atoms with E-state index >= 15 is 0 Å². The van der Waals surface area contributed by atoms with Crippen LogP contribution in [-0.2, 0) is 16.1 Å². The van der Waals surface area contributed by atoms with E-state index in [4.69, 9.17) is 0 Å². The van der Waals surface area contributed by atoms with E-state index in [0.717, 1.165) is 17.1 Å². The molecule has 8 nitrogen and oxygen atoms in total. The van der Waals surface area contributed by atoms with Crippen LogP contribution in [0, 0.1) is 18.8 Å².